The quantitative estimate of drug-likeness (QED) is 0.827. The summed E-state index contributed by atoms with van der Waals surface area (Å²) in [6.45, 7) is 0. The first kappa shape index (κ1) is 11.8. The summed E-state index contributed by atoms with van der Waals surface area (Å²) in [6.07, 6.45) is 1.25. The Morgan fingerprint density at radius 2 is 2.00 bits per heavy atom. The van der Waals surface area contributed by atoms with Crippen LogP contribution < -0.4 is 5.32 Å². The average Bonchev–Trinajstić information content (AvgIpc) is 2.79. The molecule has 1 heterocycles. The SMILES string of the molecule is O=C(Nc1cc(Cl)c(F)c(Cl)c1)c1cn[nH]n1. The maximum atomic E-state index is 13.1. The molecule has 88 valence electrons. The second-order valence-electron chi connectivity index (χ2n) is 3.06. The highest BCUT2D eigenvalue weighted by atomic mass is 35.5. The molecule has 0 saturated heterocycles. The molecule has 0 radical (unpaired) electrons. The normalized spacial score (nSPS) is 10.3. The highest BCUT2D eigenvalue weighted by Gasteiger charge is 2.12. The van der Waals surface area contributed by atoms with Crippen molar-refractivity contribution in [1.29, 1.82) is 0 Å². The summed E-state index contributed by atoms with van der Waals surface area (Å²) in [5, 5.41) is 11.5. The fourth-order valence-electron chi connectivity index (χ4n) is 1.13. The number of nitrogens with zero attached hydrogens (tertiary/aromatic N) is 2. The van der Waals surface area contributed by atoms with E-state index < -0.39 is 11.7 Å². The third-order valence-corrected chi connectivity index (χ3v) is 2.44. The van der Waals surface area contributed by atoms with Gasteiger partial charge in [0, 0.05) is 5.69 Å². The third kappa shape index (κ3) is 2.54. The Bertz CT molecular complexity index is 535. The van der Waals surface area contributed by atoms with Crippen molar-refractivity contribution in [1.82, 2.24) is 15.4 Å². The van der Waals surface area contributed by atoms with E-state index >= 15 is 0 Å². The van der Waals surface area contributed by atoms with E-state index in [1.165, 1.54) is 18.3 Å². The number of aromatic nitrogens is 3. The smallest absolute Gasteiger partial charge is 0.277 e. The fourth-order valence-corrected chi connectivity index (χ4v) is 1.62. The van der Waals surface area contributed by atoms with Crippen LogP contribution in [-0.4, -0.2) is 21.3 Å². The van der Waals surface area contributed by atoms with E-state index in [1.54, 1.807) is 0 Å². The average molecular weight is 275 g/mol. The molecule has 5 nitrogen and oxygen atoms in total. The Hall–Kier alpha value is -1.66. The van der Waals surface area contributed by atoms with Crippen LogP contribution in [0.15, 0.2) is 18.3 Å². The number of carbonyl (C=O) groups excluding carboxylic acids is 1. The summed E-state index contributed by atoms with van der Waals surface area (Å²) in [7, 11) is 0. The topological polar surface area (TPSA) is 70.7 Å². The Labute approximate surface area is 105 Å². The number of benzene rings is 1. The Balaban J connectivity index is 2.22. The largest absolute Gasteiger partial charge is 0.320 e. The van der Waals surface area contributed by atoms with Crippen molar-refractivity contribution < 1.29 is 9.18 Å². The van der Waals surface area contributed by atoms with E-state index in [4.69, 9.17) is 23.2 Å². The Morgan fingerprint density at radius 3 is 2.53 bits per heavy atom. The zero-order valence-electron chi connectivity index (χ0n) is 8.17. The van der Waals surface area contributed by atoms with Gasteiger partial charge in [-0.1, -0.05) is 23.2 Å². The van der Waals surface area contributed by atoms with Crippen molar-refractivity contribution >= 4 is 34.8 Å². The minimum atomic E-state index is -0.729. The lowest BCUT2D eigenvalue weighted by molar-refractivity contribution is 0.102. The fraction of sp³-hybridized carbons (Fsp3) is 0. The van der Waals surface area contributed by atoms with Crippen molar-refractivity contribution in [2.75, 3.05) is 5.32 Å². The monoisotopic (exact) mass is 274 g/mol. The maximum Gasteiger partial charge on any atom is 0.277 e. The molecule has 2 aromatic rings. The zero-order chi connectivity index (χ0) is 12.4. The number of carbonyl (C=O) groups is 1. The molecule has 0 unspecified atom stereocenters. The van der Waals surface area contributed by atoms with Crippen molar-refractivity contribution in [2.45, 2.75) is 0 Å². The highest BCUT2D eigenvalue weighted by molar-refractivity contribution is 6.35. The zero-order valence-corrected chi connectivity index (χ0v) is 9.68. The van der Waals surface area contributed by atoms with Crippen LogP contribution >= 0.6 is 23.2 Å². The van der Waals surface area contributed by atoms with E-state index in [1.807, 2.05) is 0 Å². The van der Waals surface area contributed by atoms with Gasteiger partial charge >= 0.3 is 0 Å². The molecule has 2 N–H and O–H groups in total. The molecule has 0 atom stereocenters. The molecule has 1 aromatic carbocycles. The third-order valence-electron chi connectivity index (χ3n) is 1.89. The van der Waals surface area contributed by atoms with E-state index in [9.17, 15) is 9.18 Å². The summed E-state index contributed by atoms with van der Waals surface area (Å²) in [5.74, 6) is -1.23. The predicted octanol–water partition coefficient (Wildman–Crippen LogP) is 2.50. The molecule has 0 fully saturated rings. The van der Waals surface area contributed by atoms with Crippen LogP contribution in [0.25, 0.3) is 0 Å². The first-order valence-electron chi connectivity index (χ1n) is 4.39. The van der Waals surface area contributed by atoms with Gasteiger partial charge in [-0.3, -0.25) is 4.79 Å². The number of rotatable bonds is 2. The number of amides is 1. The maximum absolute atomic E-state index is 13.1. The molecular formula is C9H5Cl2FN4O. The molecule has 0 saturated carbocycles. The molecule has 1 aromatic heterocycles. The van der Waals surface area contributed by atoms with Crippen LogP contribution in [0.3, 0.4) is 0 Å². The summed E-state index contributed by atoms with van der Waals surface area (Å²) in [4.78, 5) is 11.6. The highest BCUT2D eigenvalue weighted by Crippen LogP contribution is 2.27. The van der Waals surface area contributed by atoms with Crippen LogP contribution in [-0.2, 0) is 0 Å². The summed E-state index contributed by atoms with van der Waals surface area (Å²) in [5.41, 5.74) is 0.371. The van der Waals surface area contributed by atoms with Crippen LogP contribution in [0, 0.1) is 5.82 Å². The van der Waals surface area contributed by atoms with E-state index in [0.717, 1.165) is 0 Å². The van der Waals surface area contributed by atoms with Crippen LogP contribution in [0.2, 0.25) is 10.0 Å². The number of hydrogen-bond donors (Lipinski definition) is 2. The second kappa shape index (κ2) is 4.68. The van der Waals surface area contributed by atoms with Gasteiger partial charge < -0.3 is 5.32 Å². The molecule has 0 aliphatic heterocycles. The number of hydrogen-bond acceptors (Lipinski definition) is 3. The lowest BCUT2D eigenvalue weighted by atomic mass is 10.3. The lowest BCUT2D eigenvalue weighted by Gasteiger charge is -2.05. The lowest BCUT2D eigenvalue weighted by Crippen LogP contribution is -2.12. The minimum Gasteiger partial charge on any atom is -0.320 e. The number of nitrogens with one attached hydrogen (secondary N) is 2. The van der Waals surface area contributed by atoms with Crippen LogP contribution in [0.4, 0.5) is 10.1 Å². The van der Waals surface area contributed by atoms with Gasteiger partial charge in [0.25, 0.3) is 5.91 Å². The van der Waals surface area contributed by atoms with Crippen molar-refractivity contribution in [2.24, 2.45) is 0 Å². The van der Waals surface area contributed by atoms with Crippen LogP contribution in [0.5, 0.6) is 0 Å². The number of H-pyrrole nitrogens is 1. The Kier molecular flexibility index (Phi) is 3.26. The number of anilines is 1. The van der Waals surface area contributed by atoms with E-state index in [0.29, 0.717) is 0 Å². The van der Waals surface area contributed by atoms with E-state index in [-0.39, 0.29) is 21.4 Å². The minimum absolute atomic E-state index is 0.0987. The molecule has 0 aliphatic rings. The van der Waals surface area contributed by atoms with Gasteiger partial charge in [0.1, 0.15) is 0 Å². The van der Waals surface area contributed by atoms with Crippen molar-refractivity contribution in [3.63, 3.8) is 0 Å². The van der Waals surface area contributed by atoms with Gasteiger partial charge in [0.2, 0.25) is 0 Å². The number of aromatic amines is 1. The molecule has 17 heavy (non-hydrogen) atoms. The van der Waals surface area contributed by atoms with Crippen LogP contribution in [0.1, 0.15) is 10.5 Å². The van der Waals surface area contributed by atoms with Gasteiger partial charge in [0.05, 0.1) is 16.2 Å². The van der Waals surface area contributed by atoms with Gasteiger partial charge in [-0.2, -0.15) is 15.4 Å². The molecule has 0 spiro atoms. The summed E-state index contributed by atoms with van der Waals surface area (Å²) in [6, 6.07) is 2.50. The van der Waals surface area contributed by atoms with Crippen molar-refractivity contribution in [3.8, 4) is 0 Å². The standard InChI is InChI=1S/C9H5Cl2FN4O/c10-5-1-4(2-6(11)8(5)12)14-9(17)7-3-13-16-15-7/h1-3H,(H,14,17)(H,13,15,16). The second-order valence-corrected chi connectivity index (χ2v) is 3.88. The molecule has 1 amide bonds. The molecule has 0 aliphatic carbocycles. The first-order chi connectivity index (χ1) is 8.08. The van der Waals surface area contributed by atoms with Gasteiger partial charge in [0.15, 0.2) is 11.5 Å². The van der Waals surface area contributed by atoms with Gasteiger partial charge in [-0.05, 0) is 12.1 Å². The predicted molar refractivity (Wildman–Crippen MR) is 60.8 cm³/mol. The molecule has 2 rings (SSSR count). The van der Waals surface area contributed by atoms with Gasteiger partial charge in [-0.15, -0.1) is 0 Å². The Morgan fingerprint density at radius 1 is 1.35 bits per heavy atom. The first-order valence-corrected chi connectivity index (χ1v) is 5.15. The number of halogens is 3. The van der Waals surface area contributed by atoms with E-state index in [2.05, 4.69) is 20.7 Å². The molecular weight excluding hydrogens is 270 g/mol. The molecule has 0 bridgehead atoms. The van der Waals surface area contributed by atoms with Gasteiger partial charge in [-0.25, -0.2) is 4.39 Å². The summed E-state index contributed by atoms with van der Waals surface area (Å²) < 4.78 is 13.1. The van der Waals surface area contributed by atoms with Crippen molar-refractivity contribution in [3.05, 3.63) is 39.9 Å². The molecule has 8 heteroatoms. The summed E-state index contributed by atoms with van der Waals surface area (Å²) >= 11 is 11.2.